The lowest BCUT2D eigenvalue weighted by Gasteiger charge is -2.13. The van der Waals surface area contributed by atoms with E-state index in [4.69, 9.17) is 4.74 Å². The minimum Gasteiger partial charge on any atom is -0.459 e. The Morgan fingerprint density at radius 1 is 1.06 bits per heavy atom. The van der Waals surface area contributed by atoms with Gasteiger partial charge >= 0.3 is 11.7 Å². The molecule has 184 valence electrons. The Hall–Kier alpha value is -3.95. The molecule has 10 nitrogen and oxygen atoms in total. The van der Waals surface area contributed by atoms with Crippen LogP contribution < -0.4 is 11.2 Å². The van der Waals surface area contributed by atoms with Gasteiger partial charge in [-0.3, -0.25) is 14.2 Å². The number of benzene rings is 1. The second-order valence-electron chi connectivity index (χ2n) is 9.18. The summed E-state index contributed by atoms with van der Waals surface area (Å²) in [7, 11) is 1.54. The summed E-state index contributed by atoms with van der Waals surface area (Å²) in [6, 6.07) is 9.21. The van der Waals surface area contributed by atoms with Gasteiger partial charge in [-0.1, -0.05) is 44.2 Å². The van der Waals surface area contributed by atoms with Crippen molar-refractivity contribution in [2.45, 2.75) is 54.3 Å². The van der Waals surface area contributed by atoms with Gasteiger partial charge in [0.15, 0.2) is 11.2 Å². The van der Waals surface area contributed by atoms with Crippen molar-refractivity contribution in [1.82, 2.24) is 28.5 Å². The maximum atomic E-state index is 13.6. The molecule has 0 unspecified atom stereocenters. The number of nitrogens with zero attached hydrogens (tertiary/aromatic N) is 6. The predicted octanol–water partition coefficient (Wildman–Crippen LogP) is 2.41. The summed E-state index contributed by atoms with van der Waals surface area (Å²) in [4.78, 5) is 43.8. The number of rotatable bonds is 7. The van der Waals surface area contributed by atoms with Crippen LogP contribution in [0.4, 0.5) is 0 Å². The molecule has 0 fully saturated rings. The third-order valence-corrected chi connectivity index (χ3v) is 6.13. The van der Waals surface area contributed by atoms with Crippen molar-refractivity contribution in [3.63, 3.8) is 0 Å². The van der Waals surface area contributed by atoms with Gasteiger partial charge < -0.3 is 9.30 Å². The summed E-state index contributed by atoms with van der Waals surface area (Å²) in [5.74, 6) is -0.0271. The summed E-state index contributed by atoms with van der Waals surface area (Å²) in [6.45, 7) is 9.95. The Balaban J connectivity index is 1.82. The summed E-state index contributed by atoms with van der Waals surface area (Å²) in [6.07, 6.45) is 0. The molecule has 4 aromatic rings. The Kier molecular flexibility index (Phi) is 6.47. The summed E-state index contributed by atoms with van der Waals surface area (Å²) in [5, 5.41) is 4.61. The van der Waals surface area contributed by atoms with Crippen LogP contribution in [0.5, 0.6) is 0 Å². The molecule has 3 heterocycles. The van der Waals surface area contributed by atoms with Crippen molar-refractivity contribution in [3.05, 3.63) is 73.7 Å². The van der Waals surface area contributed by atoms with E-state index < -0.39 is 23.8 Å². The molecule has 0 radical (unpaired) electrons. The van der Waals surface area contributed by atoms with Gasteiger partial charge in [-0.15, -0.1) is 0 Å². The van der Waals surface area contributed by atoms with E-state index in [1.807, 2.05) is 65.0 Å². The average Bonchev–Trinajstić information content (AvgIpc) is 3.31. The molecular weight excluding hydrogens is 448 g/mol. The van der Waals surface area contributed by atoms with E-state index in [-0.39, 0.29) is 23.7 Å². The lowest BCUT2D eigenvalue weighted by molar-refractivity contribution is -0.145. The zero-order valence-corrected chi connectivity index (χ0v) is 20.9. The first-order valence-corrected chi connectivity index (χ1v) is 11.5. The Morgan fingerprint density at radius 2 is 1.74 bits per heavy atom. The molecule has 0 aliphatic rings. The van der Waals surface area contributed by atoms with Crippen LogP contribution in [0, 0.1) is 26.7 Å². The minimum absolute atomic E-state index is 0.0592. The van der Waals surface area contributed by atoms with Crippen molar-refractivity contribution in [2.24, 2.45) is 13.0 Å². The minimum atomic E-state index is -0.670. The monoisotopic (exact) mass is 478 g/mol. The zero-order valence-electron chi connectivity index (χ0n) is 20.9. The number of aromatic nitrogens is 6. The standard InChI is InChI=1S/C25H30N6O4/c1-15(2)12-29-21-22(26-24(29)31-18(5)16(3)17(4)27-31)28(6)25(34)30(23(21)33)13-20(32)35-14-19-10-8-7-9-11-19/h7-11,15H,12-14H2,1-6H3. The Labute approximate surface area is 202 Å². The number of fused-ring (bicyclic) bond motifs is 1. The van der Waals surface area contributed by atoms with Gasteiger partial charge in [0.25, 0.3) is 5.56 Å². The number of carbonyl (C=O) groups is 1. The average molecular weight is 479 g/mol. The quantitative estimate of drug-likeness (QED) is 0.378. The van der Waals surface area contributed by atoms with E-state index in [2.05, 4.69) is 10.1 Å². The fraction of sp³-hybridized carbons (Fsp3) is 0.400. The van der Waals surface area contributed by atoms with Crippen LogP contribution in [0.3, 0.4) is 0 Å². The summed E-state index contributed by atoms with van der Waals surface area (Å²) >= 11 is 0. The number of ether oxygens (including phenoxy) is 1. The molecule has 10 heteroatoms. The highest BCUT2D eigenvalue weighted by Gasteiger charge is 2.24. The van der Waals surface area contributed by atoms with Crippen LogP contribution in [0.15, 0.2) is 39.9 Å². The normalized spacial score (nSPS) is 11.5. The molecule has 1 aromatic carbocycles. The number of hydrogen-bond donors (Lipinski definition) is 0. The third kappa shape index (κ3) is 4.43. The molecule has 0 N–H and O–H groups in total. The zero-order chi connectivity index (χ0) is 25.4. The van der Waals surface area contributed by atoms with Crippen molar-refractivity contribution in [2.75, 3.05) is 0 Å². The number of aryl methyl sites for hydroxylation is 2. The Morgan fingerprint density at radius 3 is 2.34 bits per heavy atom. The van der Waals surface area contributed by atoms with Crippen LogP contribution in [0.25, 0.3) is 17.1 Å². The van der Waals surface area contributed by atoms with Crippen LogP contribution in [0.1, 0.15) is 36.4 Å². The molecule has 0 atom stereocenters. The number of imidazole rings is 1. The SMILES string of the molecule is Cc1nn(-c2nc3c(c(=O)n(CC(=O)OCc4ccccc4)c(=O)n3C)n2CC(C)C)c(C)c1C. The maximum absolute atomic E-state index is 13.6. The first-order valence-electron chi connectivity index (χ1n) is 11.5. The van der Waals surface area contributed by atoms with Crippen LogP contribution in [-0.4, -0.2) is 34.4 Å². The van der Waals surface area contributed by atoms with Crippen molar-refractivity contribution in [1.29, 1.82) is 0 Å². The van der Waals surface area contributed by atoms with Crippen molar-refractivity contribution >= 4 is 17.1 Å². The number of carbonyl (C=O) groups excluding carboxylic acids is 1. The summed E-state index contributed by atoms with van der Waals surface area (Å²) < 4.78 is 11.0. The Bertz CT molecular complexity index is 1520. The molecule has 0 saturated carbocycles. The van der Waals surface area contributed by atoms with Crippen LogP contribution in [0.2, 0.25) is 0 Å². The number of hydrogen-bond acceptors (Lipinski definition) is 6. The van der Waals surface area contributed by atoms with Gasteiger partial charge in [0.2, 0.25) is 5.95 Å². The van der Waals surface area contributed by atoms with Crippen molar-refractivity contribution < 1.29 is 9.53 Å². The molecule has 0 aliphatic carbocycles. The van der Waals surface area contributed by atoms with Gasteiger partial charge in [0.1, 0.15) is 13.2 Å². The lowest BCUT2D eigenvalue weighted by Crippen LogP contribution is -2.41. The van der Waals surface area contributed by atoms with Gasteiger partial charge in [-0.2, -0.15) is 10.1 Å². The van der Waals surface area contributed by atoms with E-state index in [9.17, 15) is 14.4 Å². The second-order valence-corrected chi connectivity index (χ2v) is 9.18. The highest BCUT2D eigenvalue weighted by molar-refractivity contribution is 5.74. The molecular formula is C25H30N6O4. The maximum Gasteiger partial charge on any atom is 0.333 e. The van der Waals surface area contributed by atoms with Crippen molar-refractivity contribution in [3.8, 4) is 5.95 Å². The van der Waals surface area contributed by atoms with Crippen LogP contribution in [-0.2, 0) is 36.3 Å². The fourth-order valence-corrected chi connectivity index (χ4v) is 4.03. The summed E-state index contributed by atoms with van der Waals surface area (Å²) in [5.41, 5.74) is 2.88. The number of esters is 1. The van der Waals surface area contributed by atoms with Gasteiger partial charge in [0.05, 0.1) is 5.69 Å². The largest absolute Gasteiger partial charge is 0.459 e. The molecule has 4 rings (SSSR count). The smallest absolute Gasteiger partial charge is 0.333 e. The van der Waals surface area contributed by atoms with Crippen LogP contribution >= 0.6 is 0 Å². The fourth-order valence-electron chi connectivity index (χ4n) is 4.03. The second kappa shape index (κ2) is 9.36. The molecule has 35 heavy (non-hydrogen) atoms. The molecule has 0 amide bonds. The van der Waals surface area contributed by atoms with E-state index in [1.165, 1.54) is 4.57 Å². The topological polar surface area (TPSA) is 106 Å². The molecule has 0 bridgehead atoms. The molecule has 0 aliphatic heterocycles. The molecule has 0 saturated heterocycles. The highest BCUT2D eigenvalue weighted by Crippen LogP contribution is 2.21. The lowest BCUT2D eigenvalue weighted by atomic mass is 10.2. The van der Waals surface area contributed by atoms with Gasteiger partial charge in [-0.25, -0.2) is 14.0 Å². The van der Waals surface area contributed by atoms with E-state index >= 15 is 0 Å². The van der Waals surface area contributed by atoms with E-state index in [0.717, 1.165) is 27.1 Å². The third-order valence-electron chi connectivity index (χ3n) is 6.13. The predicted molar refractivity (Wildman–Crippen MR) is 132 cm³/mol. The van der Waals surface area contributed by atoms with Gasteiger partial charge in [-0.05, 0) is 37.8 Å². The first-order chi connectivity index (χ1) is 16.6. The highest BCUT2D eigenvalue weighted by atomic mass is 16.5. The molecule has 0 spiro atoms. The molecule has 3 aromatic heterocycles. The van der Waals surface area contributed by atoms with Gasteiger partial charge in [0, 0.05) is 19.3 Å². The first kappa shape index (κ1) is 24.2. The van der Waals surface area contributed by atoms with E-state index in [1.54, 1.807) is 16.3 Å². The van der Waals surface area contributed by atoms with E-state index in [0.29, 0.717) is 12.5 Å².